The zero-order valence-electron chi connectivity index (χ0n) is 11.2. The quantitative estimate of drug-likeness (QED) is 0.812. The average molecular weight is 271 g/mol. The van der Waals surface area contributed by atoms with Crippen LogP contribution < -0.4 is 0 Å². The van der Waals surface area contributed by atoms with Gasteiger partial charge in [0.25, 0.3) is 5.91 Å². The molecular weight excluding hydrogens is 250 g/mol. The van der Waals surface area contributed by atoms with Gasteiger partial charge >= 0.3 is 5.97 Å². The third-order valence-corrected chi connectivity index (χ3v) is 3.66. The van der Waals surface area contributed by atoms with Gasteiger partial charge in [-0.25, -0.2) is 4.79 Å². The summed E-state index contributed by atoms with van der Waals surface area (Å²) in [4.78, 5) is 24.8. The van der Waals surface area contributed by atoms with E-state index in [0.29, 0.717) is 32.5 Å². The van der Waals surface area contributed by atoms with E-state index in [1.54, 1.807) is 4.90 Å². The number of nitrogens with zero attached hydrogens (tertiary/aromatic N) is 1. The van der Waals surface area contributed by atoms with Crippen LogP contribution >= 0.6 is 0 Å². The summed E-state index contributed by atoms with van der Waals surface area (Å²) in [5, 5.41) is 8.87. The van der Waals surface area contributed by atoms with Crippen molar-refractivity contribution in [1.82, 2.24) is 4.90 Å². The van der Waals surface area contributed by atoms with Gasteiger partial charge in [-0.15, -0.1) is 0 Å². The van der Waals surface area contributed by atoms with Gasteiger partial charge in [0.05, 0.1) is 6.10 Å². The lowest BCUT2D eigenvalue weighted by Crippen LogP contribution is -2.47. The number of amides is 1. The number of aliphatic carboxylic acids is 1. The minimum absolute atomic E-state index is 0.0897. The first-order valence-electron chi connectivity index (χ1n) is 6.90. The Labute approximate surface area is 112 Å². The summed E-state index contributed by atoms with van der Waals surface area (Å²) in [5.74, 6) is -1.07. The number of hydrogen-bond acceptors (Lipinski definition) is 4. The van der Waals surface area contributed by atoms with Gasteiger partial charge in [-0.1, -0.05) is 0 Å². The molecule has 3 atom stereocenters. The van der Waals surface area contributed by atoms with Crippen LogP contribution in [0.2, 0.25) is 0 Å². The van der Waals surface area contributed by atoms with Crippen LogP contribution in [0.1, 0.15) is 32.6 Å². The van der Waals surface area contributed by atoms with Crippen LogP contribution in [0.5, 0.6) is 0 Å². The van der Waals surface area contributed by atoms with Crippen molar-refractivity contribution in [3.05, 3.63) is 0 Å². The summed E-state index contributed by atoms with van der Waals surface area (Å²) in [5.41, 5.74) is 0. The molecule has 2 fully saturated rings. The molecule has 6 heteroatoms. The number of likely N-dealkylation sites (tertiary alicyclic amines) is 1. The van der Waals surface area contributed by atoms with E-state index in [1.165, 1.54) is 0 Å². The van der Waals surface area contributed by atoms with E-state index in [9.17, 15) is 9.59 Å². The van der Waals surface area contributed by atoms with E-state index in [2.05, 4.69) is 0 Å². The first-order chi connectivity index (χ1) is 9.11. The van der Waals surface area contributed by atoms with Gasteiger partial charge in [-0.2, -0.15) is 0 Å². The fourth-order valence-corrected chi connectivity index (χ4v) is 2.71. The number of carboxylic acid groups (broad SMARTS) is 1. The summed E-state index contributed by atoms with van der Waals surface area (Å²) in [6.07, 6.45) is 1.47. The van der Waals surface area contributed by atoms with Crippen LogP contribution in [-0.2, 0) is 19.1 Å². The van der Waals surface area contributed by atoms with Crippen molar-refractivity contribution in [2.24, 2.45) is 0 Å². The SMILES string of the molecule is CCOC1CCCN(C(=O)C2CCC(C(=O)O)O2)C1. The fourth-order valence-electron chi connectivity index (χ4n) is 2.71. The first-order valence-corrected chi connectivity index (χ1v) is 6.90. The second-order valence-corrected chi connectivity index (χ2v) is 5.03. The second-order valence-electron chi connectivity index (χ2n) is 5.03. The maximum absolute atomic E-state index is 12.3. The minimum atomic E-state index is -0.985. The largest absolute Gasteiger partial charge is 0.479 e. The zero-order valence-corrected chi connectivity index (χ0v) is 11.2. The molecule has 108 valence electrons. The Kier molecular flexibility index (Phi) is 4.76. The summed E-state index contributed by atoms with van der Waals surface area (Å²) in [6.45, 7) is 3.89. The van der Waals surface area contributed by atoms with Crippen LogP contribution in [0.25, 0.3) is 0 Å². The summed E-state index contributed by atoms with van der Waals surface area (Å²) >= 11 is 0. The molecule has 0 spiro atoms. The first kappa shape index (κ1) is 14.3. The average Bonchev–Trinajstić information content (AvgIpc) is 2.88. The van der Waals surface area contributed by atoms with Crippen LogP contribution in [0, 0.1) is 0 Å². The van der Waals surface area contributed by atoms with E-state index in [4.69, 9.17) is 14.6 Å². The third-order valence-electron chi connectivity index (χ3n) is 3.66. The van der Waals surface area contributed by atoms with E-state index in [1.807, 2.05) is 6.92 Å². The number of carbonyl (C=O) groups excluding carboxylic acids is 1. The molecule has 2 rings (SSSR count). The van der Waals surface area contributed by atoms with Crippen molar-refractivity contribution in [3.8, 4) is 0 Å². The number of ether oxygens (including phenoxy) is 2. The maximum atomic E-state index is 12.3. The molecule has 6 nitrogen and oxygen atoms in total. The van der Waals surface area contributed by atoms with Gasteiger partial charge < -0.3 is 19.5 Å². The van der Waals surface area contributed by atoms with E-state index in [0.717, 1.165) is 12.8 Å². The lowest BCUT2D eigenvalue weighted by Gasteiger charge is -2.33. The molecule has 2 aliphatic rings. The van der Waals surface area contributed by atoms with Crippen LogP contribution in [0.3, 0.4) is 0 Å². The molecule has 0 aliphatic carbocycles. The van der Waals surface area contributed by atoms with Crippen LogP contribution in [0.4, 0.5) is 0 Å². The Morgan fingerprint density at radius 1 is 1.32 bits per heavy atom. The predicted molar refractivity (Wildman–Crippen MR) is 66.8 cm³/mol. The van der Waals surface area contributed by atoms with E-state index >= 15 is 0 Å². The van der Waals surface area contributed by atoms with Gasteiger partial charge in [0.2, 0.25) is 0 Å². The van der Waals surface area contributed by atoms with Gasteiger partial charge in [-0.05, 0) is 32.6 Å². The molecule has 2 aliphatic heterocycles. The molecule has 0 aromatic rings. The van der Waals surface area contributed by atoms with Crippen molar-refractivity contribution in [1.29, 1.82) is 0 Å². The molecule has 0 aromatic carbocycles. The van der Waals surface area contributed by atoms with Crippen LogP contribution in [-0.4, -0.2) is 59.9 Å². The van der Waals surface area contributed by atoms with Crippen molar-refractivity contribution in [2.75, 3.05) is 19.7 Å². The number of hydrogen-bond donors (Lipinski definition) is 1. The molecule has 2 saturated heterocycles. The Morgan fingerprint density at radius 3 is 2.68 bits per heavy atom. The molecule has 3 unspecified atom stereocenters. The molecule has 0 aromatic heterocycles. The Hall–Kier alpha value is -1.14. The summed E-state index contributed by atoms with van der Waals surface area (Å²) < 4.78 is 10.9. The minimum Gasteiger partial charge on any atom is -0.479 e. The third kappa shape index (κ3) is 3.45. The molecule has 1 N–H and O–H groups in total. The van der Waals surface area contributed by atoms with E-state index < -0.39 is 18.2 Å². The topological polar surface area (TPSA) is 76.1 Å². The number of carbonyl (C=O) groups is 2. The standard InChI is InChI=1S/C13H21NO5/c1-2-18-9-4-3-7-14(8-9)12(15)10-5-6-11(19-10)13(16)17/h9-11H,2-8H2,1H3,(H,16,17). The highest BCUT2D eigenvalue weighted by Crippen LogP contribution is 2.23. The number of rotatable bonds is 4. The lowest BCUT2D eigenvalue weighted by molar-refractivity contribution is -0.156. The second kappa shape index (κ2) is 6.34. The zero-order chi connectivity index (χ0) is 13.8. The summed E-state index contributed by atoms with van der Waals surface area (Å²) in [6, 6.07) is 0. The molecular formula is C13H21NO5. The van der Waals surface area contributed by atoms with Crippen molar-refractivity contribution in [2.45, 2.75) is 50.9 Å². The number of carboxylic acids is 1. The number of piperidine rings is 1. The molecule has 0 radical (unpaired) electrons. The fraction of sp³-hybridized carbons (Fsp3) is 0.846. The Balaban J connectivity index is 1.87. The highest BCUT2D eigenvalue weighted by Gasteiger charge is 2.37. The molecule has 19 heavy (non-hydrogen) atoms. The van der Waals surface area contributed by atoms with Gasteiger partial charge in [0, 0.05) is 19.7 Å². The Morgan fingerprint density at radius 2 is 2.05 bits per heavy atom. The van der Waals surface area contributed by atoms with Gasteiger partial charge in [0.1, 0.15) is 6.10 Å². The van der Waals surface area contributed by atoms with Gasteiger partial charge in [0.15, 0.2) is 6.10 Å². The van der Waals surface area contributed by atoms with Crippen molar-refractivity contribution < 1.29 is 24.2 Å². The van der Waals surface area contributed by atoms with Crippen molar-refractivity contribution >= 4 is 11.9 Å². The molecule has 1 amide bonds. The maximum Gasteiger partial charge on any atom is 0.332 e. The van der Waals surface area contributed by atoms with Gasteiger partial charge in [-0.3, -0.25) is 4.79 Å². The monoisotopic (exact) mass is 271 g/mol. The smallest absolute Gasteiger partial charge is 0.332 e. The predicted octanol–water partition coefficient (Wildman–Crippen LogP) is 0.646. The highest BCUT2D eigenvalue weighted by molar-refractivity contribution is 5.82. The Bertz CT molecular complexity index is 344. The van der Waals surface area contributed by atoms with Crippen molar-refractivity contribution in [3.63, 3.8) is 0 Å². The van der Waals surface area contributed by atoms with E-state index in [-0.39, 0.29) is 12.0 Å². The lowest BCUT2D eigenvalue weighted by atomic mass is 10.1. The highest BCUT2D eigenvalue weighted by atomic mass is 16.5. The van der Waals surface area contributed by atoms with Crippen LogP contribution in [0.15, 0.2) is 0 Å². The normalized spacial score (nSPS) is 31.4. The molecule has 0 bridgehead atoms. The molecule has 0 saturated carbocycles. The summed E-state index contributed by atoms with van der Waals surface area (Å²) in [7, 11) is 0. The molecule has 2 heterocycles.